The molecule has 1 saturated heterocycles. The third kappa shape index (κ3) is 4.64. The van der Waals surface area contributed by atoms with Gasteiger partial charge in [0.15, 0.2) is 0 Å². The van der Waals surface area contributed by atoms with E-state index in [1.54, 1.807) is 0 Å². The van der Waals surface area contributed by atoms with Gasteiger partial charge in [-0.3, -0.25) is 9.69 Å². The van der Waals surface area contributed by atoms with Gasteiger partial charge in [0.25, 0.3) is 0 Å². The lowest BCUT2D eigenvalue weighted by Crippen LogP contribution is -2.49. The molecule has 1 fully saturated rings. The van der Waals surface area contributed by atoms with Crippen LogP contribution < -0.4 is 0 Å². The Kier molecular flexibility index (Phi) is 5.40. The second-order valence-corrected chi connectivity index (χ2v) is 5.72. The molecule has 0 aliphatic carbocycles. The van der Waals surface area contributed by atoms with Crippen molar-refractivity contribution in [2.75, 3.05) is 26.7 Å². The molecule has 0 bridgehead atoms. The maximum atomic E-state index is 10.9. The van der Waals surface area contributed by atoms with Crippen molar-refractivity contribution in [3.8, 4) is 0 Å². The number of carboxylic acids is 1. The zero-order chi connectivity index (χ0) is 13.0. The van der Waals surface area contributed by atoms with E-state index in [4.69, 9.17) is 5.11 Å². The molecule has 0 aromatic heterocycles. The lowest BCUT2D eigenvalue weighted by molar-refractivity contribution is -0.139. The maximum absolute atomic E-state index is 10.9. The monoisotopic (exact) mass is 242 g/mol. The van der Waals surface area contributed by atoms with Crippen molar-refractivity contribution in [2.45, 2.75) is 45.7 Å². The third-order valence-corrected chi connectivity index (χ3v) is 3.64. The first-order valence-corrected chi connectivity index (χ1v) is 6.56. The quantitative estimate of drug-likeness (QED) is 0.793. The molecule has 0 radical (unpaired) electrons. The summed E-state index contributed by atoms with van der Waals surface area (Å²) in [7, 11) is 2.14. The van der Waals surface area contributed by atoms with Gasteiger partial charge in [0.2, 0.25) is 0 Å². The fourth-order valence-electron chi connectivity index (χ4n) is 2.58. The number of likely N-dealkylation sites (tertiary alicyclic amines) is 1. The van der Waals surface area contributed by atoms with Gasteiger partial charge in [-0.15, -0.1) is 0 Å². The summed E-state index contributed by atoms with van der Waals surface area (Å²) >= 11 is 0. The Morgan fingerprint density at radius 3 is 2.65 bits per heavy atom. The van der Waals surface area contributed by atoms with Crippen molar-refractivity contribution in [2.24, 2.45) is 5.92 Å². The van der Waals surface area contributed by atoms with E-state index in [0.717, 1.165) is 25.9 Å². The largest absolute Gasteiger partial charge is 0.480 e. The van der Waals surface area contributed by atoms with Crippen LogP contribution in [0.2, 0.25) is 0 Å². The normalized spacial score (nSPS) is 26.7. The van der Waals surface area contributed by atoms with E-state index in [1.807, 2.05) is 0 Å². The smallest absolute Gasteiger partial charge is 0.317 e. The molecular weight excluding hydrogens is 216 g/mol. The molecule has 2 atom stereocenters. The van der Waals surface area contributed by atoms with E-state index < -0.39 is 5.97 Å². The highest BCUT2D eigenvalue weighted by Gasteiger charge is 2.28. The number of carboxylic acid groups (broad SMARTS) is 1. The Morgan fingerprint density at radius 1 is 1.53 bits per heavy atom. The molecule has 1 aliphatic heterocycles. The third-order valence-electron chi connectivity index (χ3n) is 3.64. The van der Waals surface area contributed by atoms with Crippen LogP contribution >= 0.6 is 0 Å². The van der Waals surface area contributed by atoms with Crippen LogP contribution in [0.1, 0.15) is 33.6 Å². The van der Waals surface area contributed by atoms with Crippen molar-refractivity contribution in [1.82, 2.24) is 9.80 Å². The number of rotatable bonds is 5. The molecule has 1 heterocycles. The topological polar surface area (TPSA) is 43.8 Å². The Balaban J connectivity index is 2.59. The van der Waals surface area contributed by atoms with Gasteiger partial charge in [-0.1, -0.05) is 13.8 Å². The van der Waals surface area contributed by atoms with E-state index in [2.05, 4.69) is 37.6 Å². The molecule has 0 saturated carbocycles. The molecule has 2 unspecified atom stereocenters. The number of piperidine rings is 1. The zero-order valence-electron chi connectivity index (χ0n) is 11.5. The molecule has 4 heteroatoms. The molecule has 100 valence electrons. The number of nitrogens with zero attached hydrogens (tertiary/aromatic N) is 2. The van der Waals surface area contributed by atoms with Crippen molar-refractivity contribution < 1.29 is 9.90 Å². The van der Waals surface area contributed by atoms with Gasteiger partial charge in [0.05, 0.1) is 6.54 Å². The lowest BCUT2D eigenvalue weighted by Gasteiger charge is -2.40. The number of carbonyl (C=O) groups is 1. The summed E-state index contributed by atoms with van der Waals surface area (Å²) in [6, 6.07) is 0.983. The summed E-state index contributed by atoms with van der Waals surface area (Å²) in [5.41, 5.74) is 0. The maximum Gasteiger partial charge on any atom is 0.317 e. The van der Waals surface area contributed by atoms with Crippen LogP contribution in [-0.4, -0.2) is 59.6 Å². The van der Waals surface area contributed by atoms with Gasteiger partial charge in [0, 0.05) is 18.6 Å². The van der Waals surface area contributed by atoms with Crippen molar-refractivity contribution in [1.29, 1.82) is 0 Å². The van der Waals surface area contributed by atoms with Crippen LogP contribution in [0.4, 0.5) is 0 Å². The number of hydrogen-bond donors (Lipinski definition) is 1. The second-order valence-electron chi connectivity index (χ2n) is 5.72. The summed E-state index contributed by atoms with van der Waals surface area (Å²) in [6.45, 7) is 8.65. The average Bonchev–Trinajstić information content (AvgIpc) is 2.19. The van der Waals surface area contributed by atoms with Crippen molar-refractivity contribution >= 4 is 5.97 Å². The summed E-state index contributed by atoms with van der Waals surface area (Å²) in [6.07, 6.45) is 2.16. The minimum Gasteiger partial charge on any atom is -0.480 e. The minimum absolute atomic E-state index is 0.180. The molecule has 1 N–H and O–H groups in total. The van der Waals surface area contributed by atoms with Crippen LogP contribution in [0.5, 0.6) is 0 Å². The predicted octanol–water partition coefficient (Wildman–Crippen LogP) is 1.51. The standard InChI is InChI=1S/C13H26N2O2/c1-10(2)8-15(9-13(16)17)12-5-6-14(4)11(3)7-12/h10-12H,5-9H2,1-4H3,(H,16,17). The Hall–Kier alpha value is -0.610. The fourth-order valence-corrected chi connectivity index (χ4v) is 2.58. The van der Waals surface area contributed by atoms with Crippen LogP contribution in [-0.2, 0) is 4.79 Å². The molecular formula is C13H26N2O2. The van der Waals surface area contributed by atoms with E-state index in [1.165, 1.54) is 0 Å². The zero-order valence-corrected chi connectivity index (χ0v) is 11.5. The summed E-state index contributed by atoms with van der Waals surface area (Å²) < 4.78 is 0. The summed E-state index contributed by atoms with van der Waals surface area (Å²) in [5, 5.41) is 8.99. The summed E-state index contributed by atoms with van der Waals surface area (Å²) in [4.78, 5) is 15.4. The van der Waals surface area contributed by atoms with Crippen LogP contribution in [0.25, 0.3) is 0 Å². The predicted molar refractivity (Wildman–Crippen MR) is 69.2 cm³/mol. The van der Waals surface area contributed by atoms with Crippen LogP contribution in [0.3, 0.4) is 0 Å². The molecule has 17 heavy (non-hydrogen) atoms. The van der Waals surface area contributed by atoms with E-state index in [0.29, 0.717) is 18.0 Å². The van der Waals surface area contributed by atoms with Gasteiger partial charge in [-0.05, 0) is 39.3 Å². The molecule has 4 nitrogen and oxygen atoms in total. The van der Waals surface area contributed by atoms with E-state index >= 15 is 0 Å². The van der Waals surface area contributed by atoms with Gasteiger partial charge < -0.3 is 10.0 Å². The lowest BCUT2D eigenvalue weighted by atomic mass is 9.96. The van der Waals surface area contributed by atoms with E-state index in [-0.39, 0.29) is 6.54 Å². The molecule has 1 aliphatic rings. The SMILES string of the molecule is CC(C)CN(CC(=O)O)C1CCN(C)C(C)C1. The molecule has 0 spiro atoms. The minimum atomic E-state index is -0.711. The van der Waals surface area contributed by atoms with Crippen LogP contribution in [0.15, 0.2) is 0 Å². The molecule has 1 rings (SSSR count). The fraction of sp³-hybridized carbons (Fsp3) is 0.923. The van der Waals surface area contributed by atoms with Gasteiger partial charge in [0.1, 0.15) is 0 Å². The number of aliphatic carboxylic acids is 1. The Morgan fingerprint density at radius 2 is 2.18 bits per heavy atom. The first-order valence-electron chi connectivity index (χ1n) is 6.56. The van der Waals surface area contributed by atoms with Gasteiger partial charge >= 0.3 is 5.97 Å². The highest BCUT2D eigenvalue weighted by molar-refractivity contribution is 5.69. The highest BCUT2D eigenvalue weighted by atomic mass is 16.4. The first kappa shape index (κ1) is 14.5. The molecule has 0 aromatic carbocycles. The first-order chi connectivity index (χ1) is 7.90. The van der Waals surface area contributed by atoms with Crippen LogP contribution in [0, 0.1) is 5.92 Å². The highest BCUT2D eigenvalue weighted by Crippen LogP contribution is 2.21. The van der Waals surface area contributed by atoms with Crippen molar-refractivity contribution in [3.05, 3.63) is 0 Å². The Labute approximate surface area is 105 Å². The van der Waals surface area contributed by atoms with Gasteiger partial charge in [-0.25, -0.2) is 0 Å². The average molecular weight is 242 g/mol. The molecule has 0 aromatic rings. The summed E-state index contributed by atoms with van der Waals surface area (Å²) in [5.74, 6) is -0.193. The number of hydrogen-bond acceptors (Lipinski definition) is 3. The second kappa shape index (κ2) is 6.36. The van der Waals surface area contributed by atoms with Gasteiger partial charge in [-0.2, -0.15) is 0 Å². The molecule has 0 amide bonds. The van der Waals surface area contributed by atoms with E-state index in [9.17, 15) is 4.79 Å². The Bertz CT molecular complexity index is 256. The van der Waals surface area contributed by atoms with Crippen molar-refractivity contribution in [3.63, 3.8) is 0 Å².